The number of likely N-dealkylation sites (tertiary alicyclic amines) is 1. The zero-order valence-corrected chi connectivity index (χ0v) is 12.6. The highest BCUT2D eigenvalue weighted by atomic mass is 16.3. The van der Waals surface area contributed by atoms with Crippen molar-refractivity contribution in [2.45, 2.75) is 25.5 Å². The molecule has 6 nitrogen and oxygen atoms in total. The number of likely N-dealkylation sites (N-methyl/N-ethyl adjacent to an activating group) is 1. The molecule has 6 heteroatoms. The van der Waals surface area contributed by atoms with Crippen LogP contribution in [-0.2, 0) is 0 Å². The highest BCUT2D eigenvalue weighted by Crippen LogP contribution is 2.21. The highest BCUT2D eigenvalue weighted by molar-refractivity contribution is 5.93. The molecule has 0 bridgehead atoms. The predicted octanol–water partition coefficient (Wildman–Crippen LogP) is 0.399. The van der Waals surface area contributed by atoms with Crippen molar-refractivity contribution in [1.29, 1.82) is 5.26 Å². The van der Waals surface area contributed by atoms with Gasteiger partial charge in [0.1, 0.15) is 11.8 Å². The minimum absolute atomic E-state index is 0.0137. The van der Waals surface area contributed by atoms with Gasteiger partial charge in [-0.2, -0.15) is 5.26 Å². The van der Waals surface area contributed by atoms with Crippen LogP contribution in [0.15, 0.2) is 12.1 Å². The number of aliphatic hydroxyl groups is 1. The Labute approximate surface area is 124 Å². The van der Waals surface area contributed by atoms with Crippen molar-refractivity contribution in [3.63, 3.8) is 0 Å². The number of aromatic nitrogens is 1. The summed E-state index contributed by atoms with van der Waals surface area (Å²) in [5.41, 5.74) is 1.34. The molecule has 0 aromatic carbocycles. The first kappa shape index (κ1) is 15.4. The van der Waals surface area contributed by atoms with Crippen molar-refractivity contribution in [1.82, 2.24) is 14.8 Å². The van der Waals surface area contributed by atoms with Crippen LogP contribution in [-0.4, -0.2) is 65.1 Å². The standard InChI is InChI=1S/C15H20N4O2/c1-10-11(7-16)4-5-14(17-10)15(21)19-9-13(20)6-12(19)8-18(2)3/h4-5,12-13,20H,6,8-9H2,1-3H3. The molecule has 0 radical (unpaired) electrons. The zero-order chi connectivity index (χ0) is 15.6. The average molecular weight is 288 g/mol. The van der Waals surface area contributed by atoms with Gasteiger partial charge in [0.2, 0.25) is 0 Å². The van der Waals surface area contributed by atoms with Crippen molar-refractivity contribution in [2.24, 2.45) is 0 Å². The van der Waals surface area contributed by atoms with Crippen LogP contribution in [0.3, 0.4) is 0 Å². The third kappa shape index (κ3) is 3.38. The van der Waals surface area contributed by atoms with Crippen molar-refractivity contribution in [2.75, 3.05) is 27.2 Å². The third-order valence-corrected chi connectivity index (χ3v) is 3.65. The van der Waals surface area contributed by atoms with Gasteiger partial charge in [-0.25, -0.2) is 4.98 Å². The van der Waals surface area contributed by atoms with E-state index in [9.17, 15) is 9.90 Å². The van der Waals surface area contributed by atoms with E-state index in [0.717, 1.165) is 0 Å². The number of nitriles is 1. The molecule has 1 aliphatic rings. The molecule has 0 spiro atoms. The Kier molecular flexibility index (Phi) is 4.56. The number of rotatable bonds is 3. The van der Waals surface area contributed by atoms with E-state index in [0.29, 0.717) is 36.5 Å². The van der Waals surface area contributed by atoms with E-state index in [1.54, 1.807) is 24.0 Å². The summed E-state index contributed by atoms with van der Waals surface area (Å²) in [6.45, 7) is 2.75. The molecule has 1 aromatic heterocycles. The van der Waals surface area contributed by atoms with Crippen molar-refractivity contribution in [3.05, 3.63) is 29.1 Å². The first-order chi connectivity index (χ1) is 9.92. The SMILES string of the molecule is Cc1nc(C(=O)N2CC(O)CC2CN(C)C)ccc1C#N. The lowest BCUT2D eigenvalue weighted by Gasteiger charge is -2.26. The van der Waals surface area contributed by atoms with E-state index in [4.69, 9.17) is 5.26 Å². The Morgan fingerprint density at radius 2 is 2.29 bits per heavy atom. The molecule has 1 amide bonds. The fourth-order valence-corrected chi connectivity index (χ4v) is 2.68. The largest absolute Gasteiger partial charge is 0.391 e. The van der Waals surface area contributed by atoms with Crippen molar-refractivity contribution < 1.29 is 9.90 Å². The van der Waals surface area contributed by atoms with E-state index in [2.05, 4.69) is 4.98 Å². The van der Waals surface area contributed by atoms with Gasteiger partial charge in [-0.1, -0.05) is 0 Å². The fraction of sp³-hybridized carbons (Fsp3) is 0.533. The van der Waals surface area contributed by atoms with Gasteiger partial charge in [-0.05, 0) is 39.6 Å². The number of aliphatic hydroxyl groups excluding tert-OH is 1. The van der Waals surface area contributed by atoms with Gasteiger partial charge in [0.15, 0.2) is 0 Å². The molecular formula is C15H20N4O2. The molecule has 2 heterocycles. The van der Waals surface area contributed by atoms with Crippen LogP contribution in [0.4, 0.5) is 0 Å². The molecule has 1 fully saturated rings. The topological polar surface area (TPSA) is 80.5 Å². The maximum absolute atomic E-state index is 12.6. The first-order valence-electron chi connectivity index (χ1n) is 6.94. The van der Waals surface area contributed by atoms with Crippen LogP contribution in [0.5, 0.6) is 0 Å². The van der Waals surface area contributed by atoms with E-state index in [1.807, 2.05) is 25.1 Å². The number of hydrogen-bond donors (Lipinski definition) is 1. The molecule has 112 valence electrons. The Morgan fingerprint density at radius 1 is 1.57 bits per heavy atom. The molecule has 1 N–H and O–H groups in total. The lowest BCUT2D eigenvalue weighted by molar-refractivity contribution is 0.0693. The van der Waals surface area contributed by atoms with Crippen LogP contribution in [0, 0.1) is 18.3 Å². The van der Waals surface area contributed by atoms with Gasteiger partial charge in [-0.3, -0.25) is 4.79 Å². The lowest BCUT2D eigenvalue weighted by Crippen LogP contribution is -2.41. The number of amides is 1. The van der Waals surface area contributed by atoms with Gasteiger partial charge in [0.05, 0.1) is 17.4 Å². The van der Waals surface area contributed by atoms with Crippen LogP contribution in [0.1, 0.15) is 28.2 Å². The first-order valence-corrected chi connectivity index (χ1v) is 6.94. The Bertz CT molecular complexity index is 580. The number of β-amino-alcohol motifs (C(OH)–C–C–N with tert-alkyl or cyclic N) is 1. The second kappa shape index (κ2) is 6.20. The third-order valence-electron chi connectivity index (χ3n) is 3.65. The number of aryl methyl sites for hydroxylation is 1. The minimum Gasteiger partial charge on any atom is -0.391 e. The fourth-order valence-electron chi connectivity index (χ4n) is 2.68. The smallest absolute Gasteiger partial charge is 0.272 e. The molecule has 1 aliphatic heterocycles. The van der Waals surface area contributed by atoms with Gasteiger partial charge in [-0.15, -0.1) is 0 Å². The molecular weight excluding hydrogens is 268 g/mol. The summed E-state index contributed by atoms with van der Waals surface area (Å²) >= 11 is 0. The maximum Gasteiger partial charge on any atom is 0.272 e. The van der Waals surface area contributed by atoms with Gasteiger partial charge >= 0.3 is 0 Å². The summed E-state index contributed by atoms with van der Waals surface area (Å²) in [6, 6.07) is 5.21. The van der Waals surface area contributed by atoms with Gasteiger partial charge in [0, 0.05) is 19.1 Å². The number of nitrogens with zero attached hydrogens (tertiary/aromatic N) is 4. The van der Waals surface area contributed by atoms with Gasteiger partial charge in [0.25, 0.3) is 5.91 Å². The Morgan fingerprint density at radius 3 is 2.86 bits per heavy atom. The number of hydrogen-bond acceptors (Lipinski definition) is 5. The summed E-state index contributed by atoms with van der Waals surface area (Å²) < 4.78 is 0. The lowest BCUT2D eigenvalue weighted by atomic mass is 10.1. The van der Waals surface area contributed by atoms with Crippen LogP contribution in [0.2, 0.25) is 0 Å². The summed E-state index contributed by atoms with van der Waals surface area (Å²) in [4.78, 5) is 20.5. The molecule has 1 saturated heterocycles. The van der Waals surface area contributed by atoms with Crippen LogP contribution in [0.25, 0.3) is 0 Å². The number of carbonyl (C=O) groups is 1. The van der Waals surface area contributed by atoms with E-state index in [1.165, 1.54) is 0 Å². The van der Waals surface area contributed by atoms with Crippen LogP contribution >= 0.6 is 0 Å². The van der Waals surface area contributed by atoms with Crippen molar-refractivity contribution >= 4 is 5.91 Å². The second-order valence-corrected chi connectivity index (χ2v) is 5.70. The second-order valence-electron chi connectivity index (χ2n) is 5.70. The average Bonchev–Trinajstić information content (AvgIpc) is 2.77. The molecule has 2 rings (SSSR count). The summed E-state index contributed by atoms with van der Waals surface area (Å²) in [5, 5.41) is 18.8. The van der Waals surface area contributed by atoms with Crippen LogP contribution < -0.4 is 0 Å². The number of carbonyl (C=O) groups excluding carboxylic acids is 1. The minimum atomic E-state index is -0.488. The molecule has 0 saturated carbocycles. The summed E-state index contributed by atoms with van der Waals surface area (Å²) in [6.07, 6.45) is 0.0949. The molecule has 0 aliphatic carbocycles. The predicted molar refractivity (Wildman–Crippen MR) is 77.7 cm³/mol. The van der Waals surface area contributed by atoms with E-state index in [-0.39, 0.29) is 11.9 Å². The van der Waals surface area contributed by atoms with Crippen molar-refractivity contribution in [3.8, 4) is 6.07 Å². The summed E-state index contributed by atoms with van der Waals surface area (Å²) in [5.74, 6) is -0.189. The monoisotopic (exact) mass is 288 g/mol. The quantitative estimate of drug-likeness (QED) is 0.870. The molecule has 2 atom stereocenters. The van der Waals surface area contributed by atoms with E-state index < -0.39 is 6.10 Å². The molecule has 21 heavy (non-hydrogen) atoms. The number of pyridine rings is 1. The zero-order valence-electron chi connectivity index (χ0n) is 12.6. The highest BCUT2D eigenvalue weighted by Gasteiger charge is 2.35. The Hall–Kier alpha value is -1.97. The van der Waals surface area contributed by atoms with Gasteiger partial charge < -0.3 is 14.9 Å². The molecule has 2 unspecified atom stereocenters. The normalized spacial score (nSPS) is 21.6. The van der Waals surface area contributed by atoms with E-state index >= 15 is 0 Å². The molecule has 1 aromatic rings. The Balaban J connectivity index is 2.22. The summed E-state index contributed by atoms with van der Waals surface area (Å²) in [7, 11) is 3.88. The maximum atomic E-state index is 12.6.